The highest BCUT2D eigenvalue weighted by Crippen LogP contribution is 2.22. The van der Waals surface area contributed by atoms with E-state index >= 15 is 0 Å². The largest absolute Gasteiger partial charge is 0.370 e. The Hall–Kier alpha value is -1.26. The Kier molecular flexibility index (Phi) is 3.73. The lowest BCUT2D eigenvalue weighted by Crippen LogP contribution is -2.47. The molecule has 1 aliphatic carbocycles. The lowest BCUT2D eigenvalue weighted by Gasteiger charge is -2.13. The molecule has 1 aliphatic rings. The van der Waals surface area contributed by atoms with Gasteiger partial charge in [-0.3, -0.25) is 9.79 Å². The Labute approximate surface area is 84.1 Å². The summed E-state index contributed by atoms with van der Waals surface area (Å²) in [6.45, 7) is 4.27. The molecule has 0 saturated heterocycles. The smallest absolute Gasteiger partial charge is 0.242 e. The van der Waals surface area contributed by atoms with Crippen LogP contribution in [0.25, 0.3) is 0 Å². The zero-order valence-corrected chi connectivity index (χ0v) is 8.71. The lowest BCUT2D eigenvalue weighted by molar-refractivity contribution is -0.122. The predicted molar refractivity (Wildman–Crippen MR) is 55.9 cm³/mol. The molecule has 4 N–H and O–H groups in total. The van der Waals surface area contributed by atoms with Gasteiger partial charge >= 0.3 is 0 Å². The summed E-state index contributed by atoms with van der Waals surface area (Å²) in [5, 5.41) is 5.56. The molecule has 0 aromatic heterocycles. The van der Waals surface area contributed by atoms with Crippen molar-refractivity contribution in [2.75, 3.05) is 6.54 Å². The first-order valence-corrected chi connectivity index (χ1v) is 5.01. The fourth-order valence-corrected chi connectivity index (χ4v) is 1.05. The van der Waals surface area contributed by atoms with Crippen LogP contribution in [0.15, 0.2) is 4.99 Å². The van der Waals surface area contributed by atoms with E-state index in [1.54, 1.807) is 6.92 Å². The quantitative estimate of drug-likeness (QED) is 0.424. The van der Waals surface area contributed by atoms with E-state index in [-0.39, 0.29) is 11.9 Å². The highest BCUT2D eigenvalue weighted by molar-refractivity contribution is 5.88. The molecule has 0 radical (unpaired) electrons. The van der Waals surface area contributed by atoms with Crippen LogP contribution < -0.4 is 16.4 Å². The van der Waals surface area contributed by atoms with Crippen LogP contribution in [0.1, 0.15) is 26.7 Å². The Morgan fingerprint density at radius 2 is 2.29 bits per heavy atom. The second kappa shape index (κ2) is 4.83. The van der Waals surface area contributed by atoms with E-state index in [0.717, 1.165) is 12.8 Å². The van der Waals surface area contributed by atoms with Crippen LogP contribution >= 0.6 is 0 Å². The number of carbonyl (C=O) groups excluding carboxylic acids is 1. The molecule has 0 bridgehead atoms. The van der Waals surface area contributed by atoms with Gasteiger partial charge < -0.3 is 16.4 Å². The van der Waals surface area contributed by atoms with E-state index in [1.165, 1.54) is 0 Å². The molecule has 1 saturated carbocycles. The molecule has 0 spiro atoms. The number of carbonyl (C=O) groups is 1. The van der Waals surface area contributed by atoms with Gasteiger partial charge in [-0.15, -0.1) is 0 Å². The summed E-state index contributed by atoms with van der Waals surface area (Å²) in [7, 11) is 0. The highest BCUT2D eigenvalue weighted by atomic mass is 16.2. The fourth-order valence-electron chi connectivity index (χ4n) is 1.05. The van der Waals surface area contributed by atoms with E-state index in [2.05, 4.69) is 15.6 Å². The van der Waals surface area contributed by atoms with Crippen LogP contribution in [0, 0.1) is 0 Å². The van der Waals surface area contributed by atoms with Gasteiger partial charge in [-0.25, -0.2) is 0 Å². The van der Waals surface area contributed by atoms with Crippen molar-refractivity contribution in [2.45, 2.75) is 38.8 Å². The van der Waals surface area contributed by atoms with Crippen molar-refractivity contribution in [3.8, 4) is 0 Å². The van der Waals surface area contributed by atoms with Crippen molar-refractivity contribution in [2.24, 2.45) is 10.7 Å². The average molecular weight is 198 g/mol. The van der Waals surface area contributed by atoms with E-state index in [1.807, 2.05) is 6.92 Å². The van der Waals surface area contributed by atoms with Gasteiger partial charge in [-0.2, -0.15) is 0 Å². The van der Waals surface area contributed by atoms with Crippen molar-refractivity contribution < 1.29 is 4.79 Å². The third-order valence-corrected chi connectivity index (χ3v) is 1.98. The van der Waals surface area contributed by atoms with Gasteiger partial charge in [0.25, 0.3) is 0 Å². The first-order valence-electron chi connectivity index (χ1n) is 5.01. The summed E-state index contributed by atoms with van der Waals surface area (Å²) in [4.78, 5) is 15.5. The van der Waals surface area contributed by atoms with Gasteiger partial charge in [0, 0.05) is 6.54 Å². The van der Waals surface area contributed by atoms with Crippen LogP contribution in [0.5, 0.6) is 0 Å². The molecule has 1 atom stereocenters. The first-order chi connectivity index (χ1) is 6.63. The van der Waals surface area contributed by atoms with Gasteiger partial charge in [0.1, 0.15) is 6.04 Å². The maximum atomic E-state index is 11.3. The Balaban J connectivity index is 2.30. The molecule has 80 valence electrons. The van der Waals surface area contributed by atoms with E-state index in [9.17, 15) is 4.79 Å². The van der Waals surface area contributed by atoms with Crippen molar-refractivity contribution >= 4 is 11.9 Å². The number of guanidine groups is 1. The monoisotopic (exact) mass is 198 g/mol. The van der Waals surface area contributed by atoms with Crippen LogP contribution in [0.3, 0.4) is 0 Å². The Morgan fingerprint density at radius 3 is 2.79 bits per heavy atom. The van der Waals surface area contributed by atoms with Gasteiger partial charge in [0.05, 0.1) is 6.04 Å². The second-order valence-electron chi connectivity index (χ2n) is 3.51. The maximum absolute atomic E-state index is 11.3. The molecule has 0 aromatic carbocycles. The normalized spacial score (nSPS) is 18.9. The molecule has 1 rings (SSSR count). The van der Waals surface area contributed by atoms with Gasteiger partial charge in [0.2, 0.25) is 5.91 Å². The van der Waals surface area contributed by atoms with Crippen molar-refractivity contribution in [3.05, 3.63) is 0 Å². The molecule has 0 aromatic rings. The number of rotatable bonds is 4. The summed E-state index contributed by atoms with van der Waals surface area (Å²) in [6.07, 6.45) is 2.22. The zero-order chi connectivity index (χ0) is 10.6. The minimum absolute atomic E-state index is 0.0542. The summed E-state index contributed by atoms with van der Waals surface area (Å²) in [5.74, 6) is 0.313. The minimum atomic E-state index is -0.322. The molecule has 1 amide bonds. The zero-order valence-electron chi connectivity index (χ0n) is 8.71. The topological polar surface area (TPSA) is 79.5 Å². The molecular formula is C9H18N4O. The lowest BCUT2D eigenvalue weighted by atomic mass is 10.3. The third kappa shape index (κ3) is 3.64. The van der Waals surface area contributed by atoms with Crippen LogP contribution in [0.2, 0.25) is 0 Å². The molecule has 14 heavy (non-hydrogen) atoms. The van der Waals surface area contributed by atoms with Crippen molar-refractivity contribution in [3.63, 3.8) is 0 Å². The molecule has 5 heteroatoms. The number of amides is 1. The standard InChI is InChI=1S/C9H18N4O/c1-3-11-8(14)6(2)12-9(10)13-7-4-5-7/h6-7H,3-5H2,1-2H3,(H,11,14)(H3,10,12,13). The number of nitrogens with two attached hydrogens (primary N) is 1. The number of nitrogens with one attached hydrogen (secondary N) is 2. The minimum Gasteiger partial charge on any atom is -0.370 e. The van der Waals surface area contributed by atoms with Crippen molar-refractivity contribution in [1.82, 2.24) is 10.6 Å². The van der Waals surface area contributed by atoms with Gasteiger partial charge in [-0.05, 0) is 26.7 Å². The van der Waals surface area contributed by atoms with E-state index < -0.39 is 0 Å². The average Bonchev–Trinajstić information content (AvgIpc) is 2.88. The van der Waals surface area contributed by atoms with Crippen LogP contribution in [-0.2, 0) is 4.79 Å². The van der Waals surface area contributed by atoms with Crippen molar-refractivity contribution in [1.29, 1.82) is 0 Å². The summed E-state index contributed by atoms with van der Waals surface area (Å²) in [6, 6.07) is 0.0568. The number of aliphatic imine (C=N–C) groups is 1. The summed E-state index contributed by atoms with van der Waals surface area (Å²) >= 11 is 0. The SMILES string of the molecule is CCNC(=O)C(C)NC(N)=NC1CC1. The second-order valence-corrected chi connectivity index (χ2v) is 3.51. The van der Waals surface area contributed by atoms with Crippen LogP contribution in [0.4, 0.5) is 0 Å². The molecule has 5 nitrogen and oxygen atoms in total. The van der Waals surface area contributed by atoms with Crippen LogP contribution in [-0.4, -0.2) is 30.5 Å². The van der Waals surface area contributed by atoms with E-state index in [4.69, 9.17) is 5.73 Å². The number of hydrogen-bond donors (Lipinski definition) is 3. The van der Waals surface area contributed by atoms with Gasteiger partial charge in [0.15, 0.2) is 5.96 Å². The van der Waals surface area contributed by atoms with E-state index in [0.29, 0.717) is 18.5 Å². The number of hydrogen-bond acceptors (Lipinski definition) is 2. The number of nitrogens with zero attached hydrogens (tertiary/aromatic N) is 1. The predicted octanol–water partition coefficient (Wildman–Crippen LogP) is -0.422. The molecular weight excluding hydrogens is 180 g/mol. The van der Waals surface area contributed by atoms with Gasteiger partial charge in [-0.1, -0.05) is 0 Å². The fraction of sp³-hybridized carbons (Fsp3) is 0.778. The highest BCUT2D eigenvalue weighted by Gasteiger charge is 2.21. The summed E-state index contributed by atoms with van der Waals surface area (Å²) < 4.78 is 0. The maximum Gasteiger partial charge on any atom is 0.242 e. The first kappa shape index (κ1) is 10.8. The molecule has 0 aliphatic heterocycles. The molecule has 1 fully saturated rings. The molecule has 1 unspecified atom stereocenters. The Morgan fingerprint density at radius 1 is 1.64 bits per heavy atom. The third-order valence-electron chi connectivity index (χ3n) is 1.98. The number of likely N-dealkylation sites (N-methyl/N-ethyl adjacent to an activating group) is 1. The summed E-state index contributed by atoms with van der Waals surface area (Å²) in [5.41, 5.74) is 5.61. The molecule has 0 heterocycles. The Bertz CT molecular complexity index is 235.